The van der Waals surface area contributed by atoms with Crippen LogP contribution in [0.4, 0.5) is 13.2 Å². The summed E-state index contributed by atoms with van der Waals surface area (Å²) < 4.78 is 36.3. The van der Waals surface area contributed by atoms with E-state index in [1.54, 1.807) is 18.2 Å². The number of benzene rings is 1. The van der Waals surface area contributed by atoms with E-state index in [9.17, 15) is 18.0 Å². The number of allylic oxidation sites excluding steroid dienone is 2. The van der Waals surface area contributed by atoms with Gasteiger partial charge in [-0.25, -0.2) is 0 Å². The van der Waals surface area contributed by atoms with Crippen LogP contribution in [0.5, 0.6) is 0 Å². The Morgan fingerprint density at radius 1 is 1.20 bits per heavy atom. The highest BCUT2D eigenvalue weighted by molar-refractivity contribution is 6.04. The molecule has 1 rings (SSSR count). The van der Waals surface area contributed by atoms with Gasteiger partial charge in [0.1, 0.15) is 0 Å². The SMILES string of the molecule is CC(=CC(=O)c1ccccc1)C(F)(F)F. The number of rotatable bonds is 2. The van der Waals surface area contributed by atoms with Gasteiger partial charge in [-0.05, 0) is 13.0 Å². The minimum atomic E-state index is -4.44. The quantitative estimate of drug-likeness (QED) is 0.544. The van der Waals surface area contributed by atoms with Gasteiger partial charge in [0.25, 0.3) is 0 Å². The van der Waals surface area contributed by atoms with Gasteiger partial charge in [0, 0.05) is 11.1 Å². The zero-order chi connectivity index (χ0) is 11.5. The standard InChI is InChI=1S/C11H9F3O/c1-8(11(12,13)14)7-10(15)9-5-3-2-4-6-9/h2-7H,1H3. The first kappa shape index (κ1) is 11.5. The van der Waals surface area contributed by atoms with Gasteiger partial charge in [0.05, 0.1) is 0 Å². The lowest BCUT2D eigenvalue weighted by molar-refractivity contribution is -0.0913. The summed E-state index contributed by atoms with van der Waals surface area (Å²) >= 11 is 0. The lowest BCUT2D eigenvalue weighted by atomic mass is 10.1. The number of ketones is 1. The monoisotopic (exact) mass is 214 g/mol. The number of hydrogen-bond acceptors (Lipinski definition) is 1. The third kappa shape index (κ3) is 3.23. The molecule has 0 saturated carbocycles. The molecule has 0 bridgehead atoms. The lowest BCUT2D eigenvalue weighted by Crippen LogP contribution is -2.10. The largest absolute Gasteiger partial charge is 0.412 e. The fraction of sp³-hybridized carbons (Fsp3) is 0.182. The first-order valence-corrected chi connectivity index (χ1v) is 4.26. The molecule has 0 amide bonds. The van der Waals surface area contributed by atoms with Crippen molar-refractivity contribution in [2.45, 2.75) is 13.1 Å². The van der Waals surface area contributed by atoms with E-state index in [-0.39, 0.29) is 5.56 Å². The second kappa shape index (κ2) is 4.29. The Morgan fingerprint density at radius 2 is 1.73 bits per heavy atom. The van der Waals surface area contributed by atoms with Gasteiger partial charge in [-0.3, -0.25) is 4.79 Å². The molecule has 0 aliphatic heterocycles. The predicted molar refractivity (Wildman–Crippen MR) is 50.6 cm³/mol. The molecule has 0 atom stereocenters. The fourth-order valence-corrected chi connectivity index (χ4v) is 0.964. The topological polar surface area (TPSA) is 17.1 Å². The van der Waals surface area contributed by atoms with Crippen LogP contribution in [0, 0.1) is 0 Å². The van der Waals surface area contributed by atoms with Crippen LogP contribution in [0.2, 0.25) is 0 Å². The summed E-state index contributed by atoms with van der Waals surface area (Å²) in [6.45, 7) is 0.876. The molecular weight excluding hydrogens is 205 g/mol. The van der Waals surface area contributed by atoms with Crippen molar-refractivity contribution >= 4 is 5.78 Å². The zero-order valence-corrected chi connectivity index (χ0v) is 8.01. The fourth-order valence-electron chi connectivity index (χ4n) is 0.964. The summed E-state index contributed by atoms with van der Waals surface area (Å²) in [7, 11) is 0. The summed E-state index contributed by atoms with van der Waals surface area (Å²) in [5.74, 6) is -0.634. The second-order valence-corrected chi connectivity index (χ2v) is 3.06. The highest BCUT2D eigenvalue weighted by Crippen LogP contribution is 2.25. The Kier molecular flexibility index (Phi) is 3.29. The number of hydrogen-bond donors (Lipinski definition) is 0. The molecule has 0 aliphatic carbocycles. The average molecular weight is 214 g/mol. The minimum absolute atomic E-state index is 0.251. The molecule has 0 heterocycles. The van der Waals surface area contributed by atoms with Crippen LogP contribution in [0.15, 0.2) is 42.0 Å². The van der Waals surface area contributed by atoms with Crippen molar-refractivity contribution in [1.82, 2.24) is 0 Å². The Hall–Kier alpha value is -1.58. The molecule has 4 heteroatoms. The van der Waals surface area contributed by atoms with Crippen molar-refractivity contribution in [3.8, 4) is 0 Å². The third-order valence-electron chi connectivity index (χ3n) is 1.85. The molecule has 0 unspecified atom stereocenters. The van der Waals surface area contributed by atoms with E-state index in [1.165, 1.54) is 12.1 Å². The van der Waals surface area contributed by atoms with Crippen LogP contribution >= 0.6 is 0 Å². The smallest absolute Gasteiger partial charge is 0.289 e. The normalized spacial score (nSPS) is 12.7. The average Bonchev–Trinajstić information content (AvgIpc) is 2.17. The zero-order valence-electron chi connectivity index (χ0n) is 8.01. The van der Waals surface area contributed by atoms with Gasteiger partial charge in [-0.1, -0.05) is 30.3 Å². The van der Waals surface area contributed by atoms with Crippen molar-refractivity contribution in [3.05, 3.63) is 47.5 Å². The summed E-state index contributed by atoms with van der Waals surface area (Å²) in [5.41, 5.74) is -0.641. The molecule has 0 fully saturated rings. The van der Waals surface area contributed by atoms with Crippen LogP contribution in [0.1, 0.15) is 17.3 Å². The van der Waals surface area contributed by atoms with E-state index < -0.39 is 17.5 Å². The molecule has 0 radical (unpaired) electrons. The lowest BCUT2D eigenvalue weighted by Gasteiger charge is -2.05. The Balaban J connectivity index is 2.90. The molecule has 1 aromatic carbocycles. The first-order chi connectivity index (χ1) is 6.91. The summed E-state index contributed by atoms with van der Waals surface area (Å²) in [4.78, 5) is 11.3. The van der Waals surface area contributed by atoms with E-state index in [0.717, 1.165) is 6.92 Å². The Bertz CT molecular complexity index is 377. The molecule has 0 N–H and O–H groups in total. The van der Waals surface area contributed by atoms with Gasteiger partial charge >= 0.3 is 6.18 Å². The summed E-state index contributed by atoms with van der Waals surface area (Å²) in [6.07, 6.45) is -3.83. The van der Waals surface area contributed by atoms with Crippen molar-refractivity contribution < 1.29 is 18.0 Å². The van der Waals surface area contributed by atoms with Crippen LogP contribution in [0.25, 0.3) is 0 Å². The maximum Gasteiger partial charge on any atom is 0.412 e. The first-order valence-electron chi connectivity index (χ1n) is 4.26. The summed E-state index contributed by atoms with van der Waals surface area (Å²) in [6, 6.07) is 7.84. The second-order valence-electron chi connectivity index (χ2n) is 3.06. The van der Waals surface area contributed by atoms with E-state index >= 15 is 0 Å². The highest BCUT2D eigenvalue weighted by Gasteiger charge is 2.30. The van der Waals surface area contributed by atoms with E-state index in [4.69, 9.17) is 0 Å². The van der Waals surface area contributed by atoms with Crippen LogP contribution < -0.4 is 0 Å². The minimum Gasteiger partial charge on any atom is -0.289 e. The van der Waals surface area contributed by atoms with Crippen LogP contribution in [0.3, 0.4) is 0 Å². The molecule has 1 nitrogen and oxygen atoms in total. The van der Waals surface area contributed by atoms with Gasteiger partial charge in [-0.2, -0.15) is 13.2 Å². The number of alkyl halides is 3. The predicted octanol–water partition coefficient (Wildman–Crippen LogP) is 3.38. The maximum atomic E-state index is 12.1. The number of carbonyl (C=O) groups excluding carboxylic acids is 1. The van der Waals surface area contributed by atoms with Crippen molar-refractivity contribution in [1.29, 1.82) is 0 Å². The molecule has 0 aromatic heterocycles. The Labute approximate surface area is 85.2 Å². The molecule has 0 spiro atoms. The van der Waals surface area contributed by atoms with Gasteiger partial charge < -0.3 is 0 Å². The molecule has 1 aromatic rings. The van der Waals surface area contributed by atoms with E-state index in [1.807, 2.05) is 0 Å². The highest BCUT2D eigenvalue weighted by atomic mass is 19.4. The molecule has 0 saturated heterocycles. The molecule has 15 heavy (non-hydrogen) atoms. The van der Waals surface area contributed by atoms with E-state index in [0.29, 0.717) is 6.08 Å². The van der Waals surface area contributed by atoms with Crippen LogP contribution in [-0.4, -0.2) is 12.0 Å². The van der Waals surface area contributed by atoms with Crippen LogP contribution in [-0.2, 0) is 0 Å². The third-order valence-corrected chi connectivity index (χ3v) is 1.85. The summed E-state index contributed by atoms with van der Waals surface area (Å²) in [5, 5.41) is 0. The molecule has 0 aliphatic rings. The Morgan fingerprint density at radius 3 is 2.20 bits per heavy atom. The number of carbonyl (C=O) groups is 1. The van der Waals surface area contributed by atoms with E-state index in [2.05, 4.69) is 0 Å². The van der Waals surface area contributed by atoms with Gasteiger partial charge in [-0.15, -0.1) is 0 Å². The maximum absolute atomic E-state index is 12.1. The van der Waals surface area contributed by atoms with Crippen molar-refractivity contribution in [3.63, 3.8) is 0 Å². The van der Waals surface area contributed by atoms with Crippen molar-refractivity contribution in [2.75, 3.05) is 0 Å². The van der Waals surface area contributed by atoms with Crippen molar-refractivity contribution in [2.24, 2.45) is 0 Å². The molecular formula is C11H9F3O. The molecule has 80 valence electrons. The van der Waals surface area contributed by atoms with Gasteiger partial charge in [0.15, 0.2) is 5.78 Å². The number of halogens is 3. The van der Waals surface area contributed by atoms with Gasteiger partial charge in [0.2, 0.25) is 0 Å².